The Kier molecular flexibility index (Phi) is 15.0. The van der Waals surface area contributed by atoms with E-state index < -0.39 is 16.1 Å². The van der Waals surface area contributed by atoms with Crippen LogP contribution >= 0.6 is 9.69 Å². The van der Waals surface area contributed by atoms with Crippen molar-refractivity contribution in [3.05, 3.63) is 24.6 Å². The van der Waals surface area contributed by atoms with Crippen LogP contribution in [0.2, 0.25) is 39.3 Å². The fraction of sp³-hybridized carbons (Fsp3) is 0.600. The molecule has 0 heterocycles. The molecule has 0 aromatic heterocycles. The molecule has 0 bridgehead atoms. The van der Waals surface area contributed by atoms with Crippen LogP contribution in [0.4, 0.5) is 0 Å². The van der Waals surface area contributed by atoms with Gasteiger partial charge in [-0.1, -0.05) is 39.3 Å². The van der Waals surface area contributed by atoms with Crippen LogP contribution in [-0.4, -0.2) is 16.1 Å². The van der Waals surface area contributed by atoms with Gasteiger partial charge in [0.25, 0.3) is 0 Å². The third-order valence-corrected chi connectivity index (χ3v) is 3.67. The predicted molar refractivity (Wildman–Crippen MR) is 72.9 cm³/mol. The Morgan fingerprint density at radius 1 is 0.786 bits per heavy atom. The van der Waals surface area contributed by atoms with Crippen molar-refractivity contribution in [2.75, 3.05) is 0 Å². The standard InChI is InChI=1S/2C5H12Si.ClH.Rh/c2*1-5-6(2,3)4;;/h2*5H,1H2,2-4H3;1H;/q;;;+1/p-1. The molecule has 0 radical (unpaired) electrons. The molecule has 0 aromatic carbocycles. The molecule has 0 rings (SSSR count). The summed E-state index contributed by atoms with van der Waals surface area (Å²) in [6.45, 7) is 21.0. The van der Waals surface area contributed by atoms with E-state index in [1.165, 1.54) is 0 Å². The van der Waals surface area contributed by atoms with Crippen LogP contribution < -0.4 is 0 Å². The molecule has 14 heavy (non-hydrogen) atoms. The third-order valence-electron chi connectivity index (χ3n) is 1.22. The van der Waals surface area contributed by atoms with Crippen molar-refractivity contribution in [1.82, 2.24) is 0 Å². The van der Waals surface area contributed by atoms with Gasteiger partial charge in [0.05, 0.1) is 16.1 Å². The molecule has 0 spiro atoms. The average molecular weight is 339 g/mol. The number of rotatable bonds is 2. The van der Waals surface area contributed by atoms with Crippen LogP contribution in [0.5, 0.6) is 0 Å². The summed E-state index contributed by atoms with van der Waals surface area (Å²) in [5.74, 6) is 0. The van der Waals surface area contributed by atoms with E-state index in [0.717, 1.165) is 0 Å². The topological polar surface area (TPSA) is 0 Å². The molecule has 0 amide bonds. The van der Waals surface area contributed by atoms with Gasteiger partial charge in [-0.05, 0) is 0 Å². The van der Waals surface area contributed by atoms with Crippen molar-refractivity contribution in [2.45, 2.75) is 39.3 Å². The van der Waals surface area contributed by atoms with Gasteiger partial charge >= 0.3 is 27.0 Å². The van der Waals surface area contributed by atoms with E-state index in [0.29, 0.717) is 0 Å². The van der Waals surface area contributed by atoms with E-state index in [-0.39, 0.29) is 0 Å². The first kappa shape index (κ1) is 20.3. The summed E-state index contributed by atoms with van der Waals surface area (Å²) in [4.78, 5) is 0. The third kappa shape index (κ3) is 38.5. The molecule has 0 saturated carbocycles. The Labute approximate surface area is 107 Å². The quantitative estimate of drug-likeness (QED) is 0.635. The number of halogens is 1. The number of hydrogen-bond donors (Lipinski definition) is 0. The minimum absolute atomic E-state index is 0.867. The summed E-state index contributed by atoms with van der Waals surface area (Å²) in [6, 6.07) is 0. The van der Waals surface area contributed by atoms with Crippen molar-refractivity contribution >= 4 is 25.8 Å². The summed E-state index contributed by atoms with van der Waals surface area (Å²) in [5.41, 5.74) is 4.15. The molecular weight excluding hydrogens is 315 g/mol. The van der Waals surface area contributed by atoms with E-state index in [9.17, 15) is 0 Å². The van der Waals surface area contributed by atoms with E-state index in [1.807, 2.05) is 17.3 Å². The van der Waals surface area contributed by atoms with Crippen LogP contribution in [0.1, 0.15) is 0 Å². The van der Waals surface area contributed by atoms with Crippen molar-refractivity contribution in [3.63, 3.8) is 0 Å². The zero-order valence-corrected chi connectivity index (χ0v) is 14.7. The molecule has 0 unspecified atom stereocenters. The second-order valence-corrected chi connectivity index (χ2v) is 15.4. The van der Waals surface area contributed by atoms with Crippen LogP contribution in [-0.2, 0) is 17.3 Å². The molecule has 0 aromatic rings. The van der Waals surface area contributed by atoms with Crippen LogP contribution in [0.15, 0.2) is 24.6 Å². The Hall–Kier alpha value is 0.827. The van der Waals surface area contributed by atoms with Gasteiger partial charge in [-0.15, -0.1) is 24.6 Å². The molecule has 4 heteroatoms. The summed E-state index contributed by atoms with van der Waals surface area (Å²) in [7, 11) is 2.79. The van der Waals surface area contributed by atoms with Gasteiger partial charge < -0.3 is 0 Å². The maximum absolute atomic E-state index is 4.53. The van der Waals surface area contributed by atoms with E-state index in [4.69, 9.17) is 0 Å². The Morgan fingerprint density at radius 2 is 0.857 bits per heavy atom. The van der Waals surface area contributed by atoms with Gasteiger partial charge in [-0.3, -0.25) is 0 Å². The average Bonchev–Trinajstić information content (AvgIpc) is 2.07. The molecule has 0 aliphatic carbocycles. The van der Waals surface area contributed by atoms with Crippen molar-refractivity contribution < 1.29 is 17.3 Å². The normalized spacial score (nSPS) is 10.1. The van der Waals surface area contributed by atoms with Gasteiger partial charge in [-0.25, -0.2) is 0 Å². The van der Waals surface area contributed by atoms with Gasteiger partial charge in [0.15, 0.2) is 0 Å². The Morgan fingerprint density at radius 3 is 0.857 bits per heavy atom. The number of hydrogen-bond acceptors (Lipinski definition) is 0. The zero-order chi connectivity index (χ0) is 12.4. The monoisotopic (exact) mass is 338 g/mol. The van der Waals surface area contributed by atoms with Gasteiger partial charge in [0.1, 0.15) is 0 Å². The molecule has 88 valence electrons. The second kappa shape index (κ2) is 10.3. The molecule has 0 fully saturated rings. The zero-order valence-electron chi connectivity index (χ0n) is 10.3. The summed E-state index contributed by atoms with van der Waals surface area (Å²) >= 11 is 2.02. The van der Waals surface area contributed by atoms with Gasteiger partial charge in [0, 0.05) is 0 Å². The van der Waals surface area contributed by atoms with Gasteiger partial charge in [0.2, 0.25) is 0 Å². The van der Waals surface area contributed by atoms with Crippen molar-refractivity contribution in [3.8, 4) is 0 Å². The minimum atomic E-state index is -0.867. The second-order valence-electron chi connectivity index (χ2n) is 5.14. The van der Waals surface area contributed by atoms with Crippen LogP contribution in [0.3, 0.4) is 0 Å². The first-order valence-corrected chi connectivity index (χ1v) is 13.8. The van der Waals surface area contributed by atoms with Crippen molar-refractivity contribution in [2.24, 2.45) is 0 Å². The molecule has 0 atom stereocenters. The van der Waals surface area contributed by atoms with E-state index in [2.05, 4.69) is 73.5 Å². The van der Waals surface area contributed by atoms with Crippen LogP contribution in [0, 0.1) is 0 Å². The van der Waals surface area contributed by atoms with Crippen LogP contribution in [0.25, 0.3) is 0 Å². The molecule has 0 aliphatic rings. The Balaban J connectivity index is -0.000000147. The van der Waals surface area contributed by atoms with Crippen molar-refractivity contribution in [1.29, 1.82) is 0 Å². The fourth-order valence-electron chi connectivity index (χ4n) is 0. The SMILES string of the molecule is C=C[Si](C)(C)C.C=C[Si](C)(C)C.[Cl][Rh]. The Bertz CT molecular complexity index is 127. The summed E-state index contributed by atoms with van der Waals surface area (Å²) < 4.78 is 0. The summed E-state index contributed by atoms with van der Waals surface area (Å²) in [5, 5.41) is 0. The maximum atomic E-state index is 4.53. The summed E-state index contributed by atoms with van der Waals surface area (Å²) in [6.07, 6.45) is 0. The first-order chi connectivity index (χ1) is 6.12. The van der Waals surface area contributed by atoms with E-state index >= 15 is 0 Å². The molecule has 0 saturated heterocycles. The molecule has 0 nitrogen and oxygen atoms in total. The predicted octanol–water partition coefficient (Wildman–Crippen LogP) is 4.79. The molecule has 0 aliphatic heterocycles. The van der Waals surface area contributed by atoms with Gasteiger partial charge in [-0.2, -0.15) is 0 Å². The molecule has 0 N–H and O–H groups in total. The fourth-order valence-corrected chi connectivity index (χ4v) is 0. The van der Waals surface area contributed by atoms with E-state index in [1.54, 1.807) is 0 Å². The first-order valence-electron chi connectivity index (χ1n) is 4.52. The molecular formula is C10H24ClRhSi2.